The average Bonchev–Trinajstić information content (AvgIpc) is 3.02. The van der Waals surface area contributed by atoms with E-state index in [-0.39, 0.29) is 11.9 Å². The SMILES string of the molecule is O=C(NCC1CC1)C1CC2CCCCC2N1. The molecule has 3 rings (SSSR count). The monoisotopic (exact) mass is 222 g/mol. The third-order valence-corrected chi connectivity index (χ3v) is 4.44. The fourth-order valence-electron chi connectivity index (χ4n) is 3.21. The van der Waals surface area contributed by atoms with E-state index < -0.39 is 0 Å². The molecule has 2 aliphatic carbocycles. The number of carbonyl (C=O) groups excluding carboxylic acids is 1. The fourth-order valence-corrected chi connectivity index (χ4v) is 3.21. The summed E-state index contributed by atoms with van der Waals surface area (Å²) in [5, 5.41) is 6.62. The molecule has 3 aliphatic rings. The van der Waals surface area contributed by atoms with Gasteiger partial charge in [-0.1, -0.05) is 12.8 Å². The van der Waals surface area contributed by atoms with Gasteiger partial charge >= 0.3 is 0 Å². The maximum Gasteiger partial charge on any atom is 0.237 e. The highest BCUT2D eigenvalue weighted by atomic mass is 16.2. The van der Waals surface area contributed by atoms with Gasteiger partial charge in [0.2, 0.25) is 5.91 Å². The molecule has 0 bridgehead atoms. The highest BCUT2D eigenvalue weighted by Gasteiger charge is 2.38. The number of amides is 1. The molecule has 2 N–H and O–H groups in total. The third kappa shape index (κ3) is 2.24. The number of hydrogen-bond acceptors (Lipinski definition) is 2. The second-order valence-corrected chi connectivity index (χ2v) is 5.79. The van der Waals surface area contributed by atoms with Crippen LogP contribution in [0.2, 0.25) is 0 Å². The Balaban J connectivity index is 1.49. The van der Waals surface area contributed by atoms with Gasteiger partial charge in [-0.2, -0.15) is 0 Å². The van der Waals surface area contributed by atoms with Crippen LogP contribution in [0.5, 0.6) is 0 Å². The van der Waals surface area contributed by atoms with E-state index in [1.165, 1.54) is 38.5 Å². The summed E-state index contributed by atoms with van der Waals surface area (Å²) < 4.78 is 0. The van der Waals surface area contributed by atoms with Gasteiger partial charge in [-0.15, -0.1) is 0 Å². The van der Waals surface area contributed by atoms with Crippen LogP contribution < -0.4 is 10.6 Å². The van der Waals surface area contributed by atoms with Gasteiger partial charge in [0.1, 0.15) is 0 Å². The summed E-state index contributed by atoms with van der Waals surface area (Å²) in [6.45, 7) is 0.909. The van der Waals surface area contributed by atoms with Crippen molar-refractivity contribution in [3.63, 3.8) is 0 Å². The first-order valence-corrected chi connectivity index (χ1v) is 6.86. The van der Waals surface area contributed by atoms with E-state index in [0.717, 1.165) is 24.8 Å². The quantitative estimate of drug-likeness (QED) is 0.758. The molecular formula is C13H22N2O. The lowest BCUT2D eigenvalue weighted by atomic mass is 9.85. The largest absolute Gasteiger partial charge is 0.354 e. The van der Waals surface area contributed by atoms with Gasteiger partial charge in [0.25, 0.3) is 0 Å². The van der Waals surface area contributed by atoms with Crippen molar-refractivity contribution in [1.82, 2.24) is 10.6 Å². The van der Waals surface area contributed by atoms with Gasteiger partial charge in [-0.05, 0) is 43.9 Å². The van der Waals surface area contributed by atoms with Crippen molar-refractivity contribution in [2.75, 3.05) is 6.54 Å². The van der Waals surface area contributed by atoms with Crippen LogP contribution in [0.1, 0.15) is 44.9 Å². The number of nitrogens with one attached hydrogen (secondary N) is 2. The molecule has 0 aromatic rings. The number of fused-ring (bicyclic) bond motifs is 1. The summed E-state index contributed by atoms with van der Waals surface area (Å²) >= 11 is 0. The van der Waals surface area contributed by atoms with E-state index in [4.69, 9.17) is 0 Å². The van der Waals surface area contributed by atoms with E-state index in [0.29, 0.717) is 6.04 Å². The average molecular weight is 222 g/mol. The predicted octanol–water partition coefficient (Wildman–Crippen LogP) is 1.43. The maximum absolute atomic E-state index is 11.9. The van der Waals surface area contributed by atoms with Gasteiger partial charge in [-0.25, -0.2) is 0 Å². The smallest absolute Gasteiger partial charge is 0.237 e. The van der Waals surface area contributed by atoms with Crippen LogP contribution in [0, 0.1) is 11.8 Å². The number of carbonyl (C=O) groups is 1. The molecule has 2 saturated carbocycles. The summed E-state index contributed by atoms with van der Waals surface area (Å²) in [5.74, 6) is 1.80. The van der Waals surface area contributed by atoms with Crippen LogP contribution in [-0.4, -0.2) is 24.5 Å². The van der Waals surface area contributed by atoms with Crippen molar-refractivity contribution in [3.05, 3.63) is 0 Å². The molecule has 3 fully saturated rings. The molecule has 0 aromatic carbocycles. The lowest BCUT2D eigenvalue weighted by molar-refractivity contribution is -0.122. The van der Waals surface area contributed by atoms with Crippen molar-refractivity contribution in [2.24, 2.45) is 11.8 Å². The first-order valence-electron chi connectivity index (χ1n) is 6.86. The zero-order valence-electron chi connectivity index (χ0n) is 9.87. The Morgan fingerprint density at radius 1 is 1.19 bits per heavy atom. The van der Waals surface area contributed by atoms with Crippen molar-refractivity contribution in [1.29, 1.82) is 0 Å². The van der Waals surface area contributed by atoms with E-state index in [1.807, 2.05) is 0 Å². The number of hydrogen-bond donors (Lipinski definition) is 2. The second kappa shape index (κ2) is 4.36. The molecule has 3 unspecified atom stereocenters. The van der Waals surface area contributed by atoms with E-state index in [1.54, 1.807) is 0 Å². The Bertz CT molecular complexity index is 261. The Hall–Kier alpha value is -0.570. The van der Waals surface area contributed by atoms with Crippen molar-refractivity contribution < 1.29 is 4.79 Å². The highest BCUT2D eigenvalue weighted by molar-refractivity contribution is 5.82. The first-order chi connectivity index (χ1) is 7.83. The lowest BCUT2D eigenvalue weighted by Gasteiger charge is -2.24. The zero-order chi connectivity index (χ0) is 11.0. The van der Waals surface area contributed by atoms with E-state index >= 15 is 0 Å². The van der Waals surface area contributed by atoms with Gasteiger partial charge < -0.3 is 10.6 Å². The van der Waals surface area contributed by atoms with Crippen LogP contribution in [0.25, 0.3) is 0 Å². The molecule has 1 aliphatic heterocycles. The zero-order valence-corrected chi connectivity index (χ0v) is 9.87. The maximum atomic E-state index is 11.9. The van der Waals surface area contributed by atoms with Crippen LogP contribution in [0.3, 0.4) is 0 Å². The molecule has 16 heavy (non-hydrogen) atoms. The van der Waals surface area contributed by atoms with Crippen LogP contribution in [-0.2, 0) is 4.79 Å². The minimum Gasteiger partial charge on any atom is -0.354 e. The molecule has 0 spiro atoms. The third-order valence-electron chi connectivity index (χ3n) is 4.44. The summed E-state index contributed by atoms with van der Waals surface area (Å²) in [6.07, 6.45) is 8.99. The normalized spacial score (nSPS) is 38.1. The Morgan fingerprint density at radius 2 is 2.00 bits per heavy atom. The minimum absolute atomic E-state index is 0.104. The predicted molar refractivity (Wildman–Crippen MR) is 63.0 cm³/mol. The Kier molecular flexibility index (Phi) is 2.88. The molecule has 0 radical (unpaired) electrons. The molecule has 1 amide bonds. The van der Waals surface area contributed by atoms with Crippen molar-refractivity contribution in [2.45, 2.75) is 57.0 Å². The summed E-state index contributed by atoms with van der Waals surface area (Å²) in [7, 11) is 0. The van der Waals surface area contributed by atoms with Crippen molar-refractivity contribution in [3.8, 4) is 0 Å². The van der Waals surface area contributed by atoms with Crippen molar-refractivity contribution >= 4 is 5.91 Å². The van der Waals surface area contributed by atoms with E-state index in [2.05, 4.69) is 10.6 Å². The van der Waals surface area contributed by atoms with Gasteiger partial charge in [-0.3, -0.25) is 4.79 Å². The first kappa shape index (κ1) is 10.6. The topological polar surface area (TPSA) is 41.1 Å². The molecule has 3 heteroatoms. The summed E-state index contributed by atoms with van der Waals surface area (Å²) in [4.78, 5) is 11.9. The van der Waals surface area contributed by atoms with Gasteiger partial charge in [0.15, 0.2) is 0 Å². The standard InChI is InChI=1S/C13H22N2O/c16-13(14-8-9-5-6-9)12-7-10-3-1-2-4-11(10)15-12/h9-12,15H,1-8H2,(H,14,16). The second-order valence-electron chi connectivity index (χ2n) is 5.79. The van der Waals surface area contributed by atoms with Gasteiger partial charge in [0.05, 0.1) is 6.04 Å². The minimum atomic E-state index is 0.104. The van der Waals surface area contributed by atoms with Gasteiger partial charge in [0, 0.05) is 12.6 Å². The molecule has 1 saturated heterocycles. The van der Waals surface area contributed by atoms with Crippen LogP contribution >= 0.6 is 0 Å². The summed E-state index contributed by atoms with van der Waals surface area (Å²) in [5.41, 5.74) is 0. The molecule has 0 aromatic heterocycles. The van der Waals surface area contributed by atoms with Crippen LogP contribution in [0.4, 0.5) is 0 Å². The lowest BCUT2D eigenvalue weighted by Crippen LogP contribution is -2.43. The molecule has 90 valence electrons. The Morgan fingerprint density at radius 3 is 2.75 bits per heavy atom. The summed E-state index contributed by atoms with van der Waals surface area (Å²) in [6, 6.07) is 0.734. The van der Waals surface area contributed by atoms with E-state index in [9.17, 15) is 4.79 Å². The highest BCUT2D eigenvalue weighted by Crippen LogP contribution is 2.33. The number of rotatable bonds is 3. The molecule has 1 heterocycles. The molecule has 3 atom stereocenters. The molecular weight excluding hydrogens is 200 g/mol. The van der Waals surface area contributed by atoms with Crippen LogP contribution in [0.15, 0.2) is 0 Å². The molecule has 3 nitrogen and oxygen atoms in total. The fraction of sp³-hybridized carbons (Fsp3) is 0.923. The Labute approximate surface area is 97.4 Å².